The van der Waals surface area contributed by atoms with Gasteiger partial charge in [-0.05, 0) is 0 Å². The van der Waals surface area contributed by atoms with Crippen LogP contribution in [0.25, 0.3) is 0 Å². The fourth-order valence-electron chi connectivity index (χ4n) is 2.05. The Hall–Kier alpha value is -2.05. The maximum atomic E-state index is 11.9. The molecule has 1 saturated heterocycles. The summed E-state index contributed by atoms with van der Waals surface area (Å²) in [6, 6.07) is 1.72. The Morgan fingerprint density at radius 2 is 2.35 bits per heavy atom. The molecule has 2 heterocycles. The average Bonchev–Trinajstić information content (AvgIpc) is 2.42. The Labute approximate surface area is 118 Å². The van der Waals surface area contributed by atoms with Gasteiger partial charge in [-0.2, -0.15) is 5.26 Å². The van der Waals surface area contributed by atoms with E-state index in [4.69, 9.17) is 15.7 Å². The van der Waals surface area contributed by atoms with Crippen molar-refractivity contribution in [3.8, 4) is 6.07 Å². The van der Waals surface area contributed by atoms with Crippen LogP contribution in [0.2, 0.25) is 0 Å². The number of nitriles is 1. The number of amides is 1. The number of carboxylic acid groups (broad SMARTS) is 1. The lowest BCUT2D eigenvalue weighted by atomic mass is 9.89. The van der Waals surface area contributed by atoms with E-state index in [1.807, 2.05) is 0 Å². The number of fused-ring (bicyclic) bond motifs is 1. The number of carboxylic acids is 1. The van der Waals surface area contributed by atoms with Crippen molar-refractivity contribution in [3.63, 3.8) is 0 Å². The molecule has 2 rings (SSSR count). The minimum Gasteiger partial charge on any atom is -0.477 e. The molecule has 0 aromatic heterocycles. The highest BCUT2D eigenvalue weighted by molar-refractivity contribution is 8.00. The maximum Gasteiger partial charge on any atom is 0.352 e. The summed E-state index contributed by atoms with van der Waals surface area (Å²) >= 11 is 1.17. The fraction of sp³-hybridized carbons (Fsp3) is 0.455. The van der Waals surface area contributed by atoms with E-state index in [1.54, 1.807) is 6.07 Å². The first-order valence-corrected chi connectivity index (χ1v) is 6.62. The largest absolute Gasteiger partial charge is 0.477 e. The second-order valence-electron chi connectivity index (χ2n) is 4.36. The standard InChI is InChI=1S/C11H11N3O5S/c1-5(15)19-2-6-3-20-10-11(13,4-12)9(18)14(10)7(6)8(16)17/h10H,2-3,13H2,1H3,(H,16,17)/t10-,11?/m1/s1. The second-order valence-corrected chi connectivity index (χ2v) is 5.43. The first-order chi connectivity index (χ1) is 9.32. The van der Waals surface area contributed by atoms with Crippen molar-refractivity contribution < 1.29 is 24.2 Å². The van der Waals surface area contributed by atoms with E-state index in [2.05, 4.69) is 0 Å². The van der Waals surface area contributed by atoms with Crippen LogP contribution in [0.5, 0.6) is 0 Å². The third-order valence-electron chi connectivity index (χ3n) is 3.03. The van der Waals surface area contributed by atoms with Gasteiger partial charge in [0.1, 0.15) is 17.7 Å². The van der Waals surface area contributed by atoms with E-state index in [1.165, 1.54) is 18.7 Å². The number of aliphatic carboxylic acids is 1. The van der Waals surface area contributed by atoms with E-state index in [0.29, 0.717) is 5.57 Å². The Balaban J connectivity index is 2.34. The Bertz CT molecular complexity index is 581. The first-order valence-electron chi connectivity index (χ1n) is 5.57. The monoisotopic (exact) mass is 297 g/mol. The number of nitrogens with two attached hydrogens (primary N) is 1. The number of β-lactam (4-membered cyclic amide) rings is 1. The highest BCUT2D eigenvalue weighted by Crippen LogP contribution is 2.44. The molecule has 0 spiro atoms. The number of carbonyl (C=O) groups is 3. The first kappa shape index (κ1) is 14.4. The van der Waals surface area contributed by atoms with E-state index in [0.717, 1.165) is 4.90 Å². The number of hydrogen-bond donors (Lipinski definition) is 2. The molecule has 8 nitrogen and oxygen atoms in total. The molecule has 1 amide bonds. The number of rotatable bonds is 3. The number of ether oxygens (including phenoxy) is 1. The quantitative estimate of drug-likeness (QED) is 0.501. The Kier molecular flexibility index (Phi) is 3.45. The molecule has 0 radical (unpaired) electrons. The SMILES string of the molecule is CC(=O)OCC1=C(C(=O)O)N2C(=O)C(N)(C#N)[C@H]2SC1. The molecule has 0 saturated carbocycles. The van der Waals surface area contributed by atoms with Crippen LogP contribution in [0.1, 0.15) is 6.92 Å². The van der Waals surface area contributed by atoms with Gasteiger partial charge in [-0.15, -0.1) is 11.8 Å². The smallest absolute Gasteiger partial charge is 0.352 e. The predicted molar refractivity (Wildman–Crippen MR) is 66.9 cm³/mol. The van der Waals surface area contributed by atoms with E-state index in [-0.39, 0.29) is 18.1 Å². The number of hydrogen-bond acceptors (Lipinski definition) is 7. The lowest BCUT2D eigenvalue weighted by molar-refractivity contribution is -0.151. The zero-order valence-electron chi connectivity index (χ0n) is 10.5. The van der Waals surface area contributed by atoms with Gasteiger partial charge in [0.05, 0.1) is 6.07 Å². The van der Waals surface area contributed by atoms with Gasteiger partial charge >= 0.3 is 11.9 Å². The van der Waals surface area contributed by atoms with Crippen molar-refractivity contribution in [2.24, 2.45) is 5.73 Å². The molecule has 1 unspecified atom stereocenters. The van der Waals surface area contributed by atoms with Crippen LogP contribution in [0.15, 0.2) is 11.3 Å². The van der Waals surface area contributed by atoms with Gasteiger partial charge in [0.15, 0.2) is 0 Å². The molecule has 0 bridgehead atoms. The van der Waals surface area contributed by atoms with E-state index < -0.39 is 28.8 Å². The van der Waals surface area contributed by atoms with Crippen LogP contribution in [-0.2, 0) is 19.1 Å². The molecule has 2 atom stereocenters. The lowest BCUT2D eigenvalue weighted by Crippen LogP contribution is -2.77. The molecule has 20 heavy (non-hydrogen) atoms. The minimum absolute atomic E-state index is 0.204. The molecule has 0 aliphatic carbocycles. The van der Waals surface area contributed by atoms with Crippen molar-refractivity contribution >= 4 is 29.6 Å². The van der Waals surface area contributed by atoms with Gasteiger partial charge in [-0.25, -0.2) is 4.79 Å². The third kappa shape index (κ3) is 1.93. The highest BCUT2D eigenvalue weighted by Gasteiger charge is 2.63. The molecule has 9 heteroatoms. The van der Waals surface area contributed by atoms with Gasteiger partial charge in [-0.1, -0.05) is 0 Å². The maximum absolute atomic E-state index is 11.9. The lowest BCUT2D eigenvalue weighted by Gasteiger charge is -2.51. The van der Waals surface area contributed by atoms with E-state index in [9.17, 15) is 19.5 Å². The topological polar surface area (TPSA) is 134 Å². The van der Waals surface area contributed by atoms with Crippen molar-refractivity contribution in [3.05, 3.63) is 11.3 Å². The predicted octanol–water partition coefficient (Wildman–Crippen LogP) is -0.976. The zero-order valence-corrected chi connectivity index (χ0v) is 11.3. The van der Waals surface area contributed by atoms with Crippen LogP contribution < -0.4 is 5.73 Å². The molecule has 0 aromatic carbocycles. The summed E-state index contributed by atoms with van der Waals surface area (Å²) in [4.78, 5) is 35.0. The molecule has 106 valence electrons. The highest BCUT2D eigenvalue weighted by atomic mass is 32.2. The van der Waals surface area contributed by atoms with Crippen molar-refractivity contribution in [2.75, 3.05) is 12.4 Å². The molecule has 2 aliphatic rings. The van der Waals surface area contributed by atoms with Crippen molar-refractivity contribution in [1.82, 2.24) is 4.90 Å². The third-order valence-corrected chi connectivity index (χ3v) is 4.44. The Morgan fingerprint density at radius 3 is 2.85 bits per heavy atom. The zero-order chi connectivity index (χ0) is 15.1. The van der Waals surface area contributed by atoms with Gasteiger partial charge < -0.3 is 15.6 Å². The second kappa shape index (κ2) is 4.81. The fourth-order valence-corrected chi connectivity index (χ4v) is 3.39. The number of esters is 1. The summed E-state index contributed by atoms with van der Waals surface area (Å²) in [7, 11) is 0. The normalized spacial score (nSPS) is 28.4. The number of nitrogens with zero attached hydrogens (tertiary/aromatic N) is 2. The van der Waals surface area contributed by atoms with Crippen LogP contribution in [0.4, 0.5) is 0 Å². The summed E-state index contributed by atoms with van der Waals surface area (Å²) in [5, 5.41) is 17.5. The molecule has 0 aromatic rings. The van der Waals surface area contributed by atoms with Crippen LogP contribution in [0.3, 0.4) is 0 Å². The van der Waals surface area contributed by atoms with Gasteiger partial charge in [0.2, 0.25) is 5.54 Å². The summed E-state index contributed by atoms with van der Waals surface area (Å²) in [6.07, 6.45) is 0. The summed E-state index contributed by atoms with van der Waals surface area (Å²) in [5.74, 6) is -2.39. The van der Waals surface area contributed by atoms with Crippen LogP contribution >= 0.6 is 11.8 Å². The molecular formula is C11H11N3O5S. The number of carbonyl (C=O) groups excluding carboxylic acids is 2. The minimum atomic E-state index is -1.70. The molecule has 1 fully saturated rings. The molecule has 3 N–H and O–H groups in total. The van der Waals surface area contributed by atoms with Crippen LogP contribution in [-0.4, -0.2) is 51.1 Å². The average molecular weight is 297 g/mol. The van der Waals surface area contributed by atoms with Crippen molar-refractivity contribution in [1.29, 1.82) is 5.26 Å². The van der Waals surface area contributed by atoms with Gasteiger partial charge in [0.25, 0.3) is 5.91 Å². The molecular weight excluding hydrogens is 286 g/mol. The van der Waals surface area contributed by atoms with Crippen LogP contribution in [0, 0.1) is 11.3 Å². The Morgan fingerprint density at radius 1 is 1.70 bits per heavy atom. The molecule has 2 aliphatic heterocycles. The van der Waals surface area contributed by atoms with Gasteiger partial charge in [-0.3, -0.25) is 14.5 Å². The van der Waals surface area contributed by atoms with E-state index >= 15 is 0 Å². The van der Waals surface area contributed by atoms with Gasteiger partial charge in [0, 0.05) is 18.2 Å². The van der Waals surface area contributed by atoms with Crippen molar-refractivity contribution in [2.45, 2.75) is 17.8 Å². The summed E-state index contributed by atoms with van der Waals surface area (Å²) < 4.78 is 4.78. The summed E-state index contributed by atoms with van der Waals surface area (Å²) in [6.45, 7) is 1.000. The summed E-state index contributed by atoms with van der Waals surface area (Å²) in [5.41, 5.74) is 4.01. The number of thioether (sulfide) groups is 1.